The van der Waals surface area contributed by atoms with Crippen molar-refractivity contribution in [2.24, 2.45) is 5.73 Å². The molecule has 0 saturated carbocycles. The summed E-state index contributed by atoms with van der Waals surface area (Å²) >= 11 is 4.20. The van der Waals surface area contributed by atoms with Crippen LogP contribution in [0.4, 0.5) is 0 Å². The van der Waals surface area contributed by atoms with Gasteiger partial charge in [0.15, 0.2) is 0 Å². The zero-order valence-electron chi connectivity index (χ0n) is 5.45. The molecule has 0 fully saturated rings. The van der Waals surface area contributed by atoms with Crippen LogP contribution in [0.3, 0.4) is 0 Å². The normalized spacial score (nSPS) is 8.60. The molecule has 0 unspecified atom stereocenters. The lowest BCUT2D eigenvalue weighted by Crippen LogP contribution is -1.96. The molecule has 1 aromatic rings. The molecule has 3 heteroatoms. The van der Waals surface area contributed by atoms with E-state index in [1.54, 1.807) is 0 Å². The number of nitrogens with two attached hydrogens (primary N) is 1. The van der Waals surface area contributed by atoms with Gasteiger partial charge >= 0.3 is 0 Å². The van der Waals surface area contributed by atoms with Crippen LogP contribution in [0.1, 0.15) is 5.56 Å². The van der Waals surface area contributed by atoms with E-state index >= 15 is 0 Å². The Labute approximate surface area is 72.4 Å². The lowest BCUT2D eigenvalue weighted by Gasteiger charge is -1.97. The Morgan fingerprint density at radius 2 is 1.90 bits per heavy atom. The molecule has 0 bridgehead atoms. The zero-order chi connectivity index (χ0) is 6.69. The van der Waals surface area contributed by atoms with Crippen LogP contribution in [-0.2, 0) is 6.54 Å². The van der Waals surface area contributed by atoms with Gasteiger partial charge in [0.25, 0.3) is 0 Å². The predicted octanol–water partition coefficient (Wildman–Crippen LogP) is 1.86. The maximum atomic E-state index is 5.40. The van der Waals surface area contributed by atoms with Gasteiger partial charge in [0.2, 0.25) is 0 Å². The van der Waals surface area contributed by atoms with Crippen LogP contribution in [0.25, 0.3) is 0 Å². The second kappa shape index (κ2) is 4.61. The fourth-order valence-electron chi connectivity index (χ4n) is 0.683. The number of rotatable bonds is 1. The van der Waals surface area contributed by atoms with Gasteiger partial charge in [-0.1, -0.05) is 18.2 Å². The number of thiol groups is 1. The van der Waals surface area contributed by atoms with Crippen molar-refractivity contribution in [2.75, 3.05) is 0 Å². The van der Waals surface area contributed by atoms with Crippen LogP contribution >= 0.6 is 25.0 Å². The fraction of sp³-hybridized carbons (Fsp3) is 0.143. The molecule has 0 atom stereocenters. The van der Waals surface area contributed by atoms with Gasteiger partial charge in [0.1, 0.15) is 0 Å². The molecule has 0 saturated heterocycles. The first-order chi connectivity index (χ1) is 4.34. The molecule has 0 radical (unpaired) electrons. The molecule has 0 heterocycles. The first kappa shape index (κ1) is 9.82. The molecule has 0 amide bonds. The van der Waals surface area contributed by atoms with Gasteiger partial charge in [-0.2, -0.15) is 0 Å². The lowest BCUT2D eigenvalue weighted by molar-refractivity contribution is 1.03. The minimum Gasteiger partial charge on any atom is -0.326 e. The monoisotopic (exact) mass is 175 g/mol. The minimum atomic E-state index is 0. The first-order valence-electron chi connectivity index (χ1n) is 2.81. The Morgan fingerprint density at radius 3 is 2.30 bits per heavy atom. The third-order valence-corrected chi connectivity index (χ3v) is 1.65. The van der Waals surface area contributed by atoms with E-state index in [-0.39, 0.29) is 12.4 Å². The molecule has 1 rings (SSSR count). The molecule has 10 heavy (non-hydrogen) atoms. The summed E-state index contributed by atoms with van der Waals surface area (Å²) in [6.07, 6.45) is 0. The zero-order valence-corrected chi connectivity index (χ0v) is 7.16. The summed E-state index contributed by atoms with van der Waals surface area (Å²) < 4.78 is 0. The number of hydrogen-bond donors (Lipinski definition) is 2. The van der Waals surface area contributed by atoms with Crippen molar-refractivity contribution in [3.8, 4) is 0 Å². The average molecular weight is 176 g/mol. The molecule has 0 spiro atoms. The van der Waals surface area contributed by atoms with Crippen molar-refractivity contribution < 1.29 is 0 Å². The molecular formula is C7H10ClNS. The quantitative estimate of drug-likeness (QED) is 0.627. The standard InChI is InChI=1S/C7H9NS.ClH/c8-5-6-3-1-2-4-7(6)9;/h1-4,9H,5,8H2;1H. The van der Waals surface area contributed by atoms with E-state index < -0.39 is 0 Å². The minimum absolute atomic E-state index is 0. The topological polar surface area (TPSA) is 26.0 Å². The van der Waals surface area contributed by atoms with E-state index in [4.69, 9.17) is 5.73 Å². The van der Waals surface area contributed by atoms with Crippen LogP contribution in [-0.4, -0.2) is 0 Å². The summed E-state index contributed by atoms with van der Waals surface area (Å²) in [6, 6.07) is 7.82. The first-order valence-corrected chi connectivity index (χ1v) is 3.26. The molecule has 0 aliphatic rings. The largest absolute Gasteiger partial charge is 0.326 e. The van der Waals surface area contributed by atoms with E-state index in [0.717, 1.165) is 10.5 Å². The van der Waals surface area contributed by atoms with Crippen LogP contribution in [0.2, 0.25) is 0 Å². The summed E-state index contributed by atoms with van der Waals surface area (Å²) in [4.78, 5) is 0.972. The second-order valence-electron chi connectivity index (χ2n) is 1.83. The Morgan fingerprint density at radius 1 is 1.30 bits per heavy atom. The van der Waals surface area contributed by atoms with Gasteiger partial charge < -0.3 is 5.73 Å². The third kappa shape index (κ3) is 2.21. The summed E-state index contributed by atoms with van der Waals surface area (Å²) in [6.45, 7) is 0.569. The molecular weight excluding hydrogens is 166 g/mol. The Kier molecular flexibility index (Phi) is 4.52. The van der Waals surface area contributed by atoms with Gasteiger partial charge in [-0.3, -0.25) is 0 Å². The van der Waals surface area contributed by atoms with Crippen molar-refractivity contribution in [2.45, 2.75) is 11.4 Å². The van der Waals surface area contributed by atoms with Gasteiger partial charge in [-0.15, -0.1) is 25.0 Å². The second-order valence-corrected chi connectivity index (χ2v) is 2.31. The highest BCUT2D eigenvalue weighted by molar-refractivity contribution is 7.80. The number of hydrogen-bond acceptors (Lipinski definition) is 2. The molecule has 2 N–H and O–H groups in total. The molecule has 0 aromatic heterocycles. The van der Waals surface area contributed by atoms with Crippen LogP contribution in [0.5, 0.6) is 0 Å². The Balaban J connectivity index is 0.000000810. The highest BCUT2D eigenvalue weighted by Crippen LogP contribution is 2.10. The molecule has 0 aliphatic carbocycles. The smallest absolute Gasteiger partial charge is 0.0189 e. The predicted molar refractivity (Wildman–Crippen MR) is 48.8 cm³/mol. The van der Waals surface area contributed by atoms with Crippen molar-refractivity contribution in [1.82, 2.24) is 0 Å². The van der Waals surface area contributed by atoms with Crippen molar-refractivity contribution in [3.63, 3.8) is 0 Å². The Hall–Kier alpha value is -0.180. The van der Waals surface area contributed by atoms with Crippen molar-refractivity contribution in [3.05, 3.63) is 29.8 Å². The van der Waals surface area contributed by atoms with Gasteiger partial charge in [-0.25, -0.2) is 0 Å². The van der Waals surface area contributed by atoms with Crippen LogP contribution < -0.4 is 5.73 Å². The molecule has 56 valence electrons. The average Bonchev–Trinajstić information content (AvgIpc) is 1.89. The SMILES string of the molecule is Cl.NCc1ccccc1S. The Bertz CT molecular complexity index is 203. The lowest BCUT2D eigenvalue weighted by atomic mass is 10.2. The summed E-state index contributed by atoms with van der Waals surface area (Å²) in [7, 11) is 0. The highest BCUT2D eigenvalue weighted by atomic mass is 35.5. The van der Waals surface area contributed by atoms with E-state index in [1.807, 2.05) is 24.3 Å². The van der Waals surface area contributed by atoms with Gasteiger partial charge in [-0.05, 0) is 11.6 Å². The maximum Gasteiger partial charge on any atom is 0.0189 e. The molecule has 0 aliphatic heterocycles. The van der Waals surface area contributed by atoms with Crippen molar-refractivity contribution >= 4 is 25.0 Å². The van der Waals surface area contributed by atoms with Crippen molar-refractivity contribution in [1.29, 1.82) is 0 Å². The highest BCUT2D eigenvalue weighted by Gasteiger charge is 1.90. The van der Waals surface area contributed by atoms with Gasteiger partial charge in [0.05, 0.1) is 0 Å². The van der Waals surface area contributed by atoms with E-state index in [0.29, 0.717) is 6.54 Å². The maximum absolute atomic E-state index is 5.40. The van der Waals surface area contributed by atoms with E-state index in [9.17, 15) is 0 Å². The fourth-order valence-corrected chi connectivity index (χ4v) is 0.935. The molecule has 1 nitrogen and oxygen atoms in total. The molecule has 1 aromatic carbocycles. The van der Waals surface area contributed by atoms with Gasteiger partial charge in [0, 0.05) is 11.4 Å². The number of benzene rings is 1. The van der Waals surface area contributed by atoms with E-state index in [1.165, 1.54) is 0 Å². The van der Waals surface area contributed by atoms with Crippen LogP contribution in [0.15, 0.2) is 29.2 Å². The summed E-state index contributed by atoms with van der Waals surface area (Å²) in [5, 5.41) is 0. The third-order valence-electron chi connectivity index (χ3n) is 1.21. The summed E-state index contributed by atoms with van der Waals surface area (Å²) in [5.74, 6) is 0. The number of halogens is 1. The van der Waals surface area contributed by atoms with E-state index in [2.05, 4.69) is 12.6 Å². The van der Waals surface area contributed by atoms with Crippen LogP contribution in [0, 0.1) is 0 Å². The summed E-state index contributed by atoms with van der Waals surface area (Å²) in [5.41, 5.74) is 6.50.